The predicted octanol–water partition coefficient (Wildman–Crippen LogP) is 3.41. The van der Waals surface area contributed by atoms with Gasteiger partial charge in [0.25, 0.3) is 5.69 Å². The molecule has 0 saturated carbocycles. The summed E-state index contributed by atoms with van der Waals surface area (Å²) in [6, 6.07) is 9.28. The molecule has 2 rings (SSSR count). The van der Waals surface area contributed by atoms with Crippen LogP contribution in [-0.2, 0) is 0 Å². The van der Waals surface area contributed by atoms with Crippen molar-refractivity contribution in [1.82, 2.24) is 0 Å². The number of phenolic OH excluding ortho intramolecular Hbond substituents is 1. The van der Waals surface area contributed by atoms with Crippen molar-refractivity contribution in [2.75, 3.05) is 0 Å². The summed E-state index contributed by atoms with van der Waals surface area (Å²) in [6.07, 6.45) is 0. The molecule has 0 spiro atoms. The number of hydrogen-bond donors (Lipinski definition) is 2. The largest absolute Gasteiger partial charge is 0.506 e. The summed E-state index contributed by atoms with van der Waals surface area (Å²) in [5, 5.41) is 36.6. The van der Waals surface area contributed by atoms with E-state index in [2.05, 4.69) is 10.2 Å². The lowest BCUT2D eigenvalue weighted by atomic mass is 10.2. The van der Waals surface area contributed by atoms with Gasteiger partial charge in [0.1, 0.15) is 11.4 Å². The molecule has 8 nitrogen and oxygen atoms in total. The maximum atomic E-state index is 10.8. The van der Waals surface area contributed by atoms with Crippen molar-refractivity contribution in [3.8, 4) is 5.75 Å². The molecule has 2 aromatic rings. The molecular weight excluding hydrogens is 278 g/mol. The topological polar surface area (TPSA) is 125 Å². The average Bonchev–Trinajstić information content (AvgIpc) is 2.46. The van der Waals surface area contributed by atoms with Crippen LogP contribution in [-0.4, -0.2) is 21.1 Å². The molecule has 0 amide bonds. The van der Waals surface area contributed by atoms with Crippen LogP contribution in [0.1, 0.15) is 10.4 Å². The highest BCUT2D eigenvalue weighted by Crippen LogP contribution is 2.32. The second kappa shape index (κ2) is 5.78. The number of nitro benzene ring substituents is 1. The van der Waals surface area contributed by atoms with Crippen LogP contribution in [0, 0.1) is 10.1 Å². The summed E-state index contributed by atoms with van der Waals surface area (Å²) in [5.41, 5.74) is -0.276. The van der Waals surface area contributed by atoms with E-state index in [1.165, 1.54) is 30.3 Å². The summed E-state index contributed by atoms with van der Waals surface area (Å²) >= 11 is 0. The standard InChI is InChI=1S/C13H9N3O5/c17-12-7-8(13(18)19)5-6-10(12)15-14-9-3-1-2-4-11(9)16(20)21/h1-7,17H,(H,18,19). The van der Waals surface area contributed by atoms with E-state index in [1.807, 2.05) is 0 Å². The Morgan fingerprint density at radius 2 is 1.76 bits per heavy atom. The van der Waals surface area contributed by atoms with E-state index in [-0.39, 0.29) is 28.4 Å². The van der Waals surface area contributed by atoms with Crippen molar-refractivity contribution >= 4 is 23.0 Å². The first-order valence-electron chi connectivity index (χ1n) is 5.70. The van der Waals surface area contributed by atoms with Gasteiger partial charge in [-0.2, -0.15) is 0 Å². The van der Waals surface area contributed by atoms with E-state index in [1.54, 1.807) is 6.07 Å². The van der Waals surface area contributed by atoms with Crippen LogP contribution in [0.4, 0.5) is 17.1 Å². The number of aromatic hydroxyl groups is 1. The van der Waals surface area contributed by atoms with Gasteiger partial charge in [-0.15, -0.1) is 10.2 Å². The molecule has 106 valence electrons. The Morgan fingerprint density at radius 1 is 1.10 bits per heavy atom. The highest BCUT2D eigenvalue weighted by Gasteiger charge is 2.12. The summed E-state index contributed by atoms with van der Waals surface area (Å²) in [6.45, 7) is 0. The Hall–Kier alpha value is -3.29. The lowest BCUT2D eigenvalue weighted by molar-refractivity contribution is -0.384. The molecule has 0 unspecified atom stereocenters. The van der Waals surface area contributed by atoms with Gasteiger partial charge >= 0.3 is 5.97 Å². The summed E-state index contributed by atoms with van der Waals surface area (Å²) < 4.78 is 0. The number of carboxylic acids is 1. The van der Waals surface area contributed by atoms with Crippen LogP contribution in [0.2, 0.25) is 0 Å². The fraction of sp³-hybridized carbons (Fsp3) is 0. The van der Waals surface area contributed by atoms with Crippen LogP contribution in [0.25, 0.3) is 0 Å². The number of benzene rings is 2. The first-order valence-corrected chi connectivity index (χ1v) is 5.70. The van der Waals surface area contributed by atoms with E-state index >= 15 is 0 Å². The number of azo groups is 1. The van der Waals surface area contributed by atoms with Crippen molar-refractivity contribution in [2.45, 2.75) is 0 Å². The molecule has 2 aromatic carbocycles. The van der Waals surface area contributed by atoms with Crippen LogP contribution >= 0.6 is 0 Å². The molecule has 0 radical (unpaired) electrons. The lowest BCUT2D eigenvalue weighted by Crippen LogP contribution is -1.94. The van der Waals surface area contributed by atoms with E-state index in [9.17, 15) is 20.0 Å². The molecule has 2 N–H and O–H groups in total. The second-order valence-corrected chi connectivity index (χ2v) is 3.95. The summed E-state index contributed by atoms with van der Waals surface area (Å²) in [4.78, 5) is 20.9. The maximum absolute atomic E-state index is 10.8. The van der Waals surface area contributed by atoms with Gasteiger partial charge in [0.15, 0.2) is 5.69 Å². The van der Waals surface area contributed by atoms with Crippen LogP contribution in [0.15, 0.2) is 52.7 Å². The van der Waals surface area contributed by atoms with E-state index in [4.69, 9.17) is 5.11 Å². The molecule has 0 atom stereocenters. The van der Waals surface area contributed by atoms with Crippen LogP contribution < -0.4 is 0 Å². The van der Waals surface area contributed by atoms with Crippen molar-refractivity contribution in [2.24, 2.45) is 10.2 Å². The van der Waals surface area contributed by atoms with Gasteiger partial charge in [0, 0.05) is 6.07 Å². The maximum Gasteiger partial charge on any atom is 0.335 e. The molecule has 0 fully saturated rings. The first kappa shape index (κ1) is 14.1. The first-order chi connectivity index (χ1) is 9.99. The zero-order valence-electron chi connectivity index (χ0n) is 10.5. The smallest absolute Gasteiger partial charge is 0.335 e. The number of nitro groups is 1. The lowest BCUT2D eigenvalue weighted by Gasteiger charge is -2.00. The number of para-hydroxylation sites is 1. The molecule has 0 heterocycles. The van der Waals surface area contributed by atoms with E-state index in [0.717, 1.165) is 6.07 Å². The van der Waals surface area contributed by atoms with Gasteiger partial charge < -0.3 is 10.2 Å². The van der Waals surface area contributed by atoms with Crippen molar-refractivity contribution < 1.29 is 19.9 Å². The third-order valence-electron chi connectivity index (χ3n) is 2.57. The molecule has 0 aliphatic carbocycles. The zero-order chi connectivity index (χ0) is 15.4. The minimum atomic E-state index is -1.19. The van der Waals surface area contributed by atoms with Gasteiger partial charge in [0.05, 0.1) is 10.5 Å². The third kappa shape index (κ3) is 3.18. The van der Waals surface area contributed by atoms with Crippen molar-refractivity contribution in [3.63, 3.8) is 0 Å². The molecule has 8 heteroatoms. The molecule has 0 saturated heterocycles. The number of hydrogen-bond acceptors (Lipinski definition) is 6. The van der Waals surface area contributed by atoms with E-state index in [0.29, 0.717) is 0 Å². The van der Waals surface area contributed by atoms with Gasteiger partial charge in [-0.25, -0.2) is 4.79 Å². The van der Waals surface area contributed by atoms with Gasteiger partial charge in [-0.05, 0) is 24.3 Å². The number of aromatic carboxylic acids is 1. The molecule has 0 aliphatic heterocycles. The number of phenols is 1. The summed E-state index contributed by atoms with van der Waals surface area (Å²) in [7, 11) is 0. The van der Waals surface area contributed by atoms with Crippen LogP contribution in [0.3, 0.4) is 0 Å². The highest BCUT2D eigenvalue weighted by molar-refractivity contribution is 5.88. The normalized spacial score (nSPS) is 10.7. The monoisotopic (exact) mass is 287 g/mol. The Morgan fingerprint density at radius 3 is 2.38 bits per heavy atom. The minimum Gasteiger partial charge on any atom is -0.506 e. The van der Waals surface area contributed by atoms with Crippen molar-refractivity contribution in [1.29, 1.82) is 0 Å². The van der Waals surface area contributed by atoms with Gasteiger partial charge in [-0.3, -0.25) is 10.1 Å². The fourth-order valence-corrected chi connectivity index (χ4v) is 1.55. The predicted molar refractivity (Wildman–Crippen MR) is 72.3 cm³/mol. The number of rotatable bonds is 4. The number of carboxylic acid groups (broad SMARTS) is 1. The van der Waals surface area contributed by atoms with Gasteiger partial charge in [-0.1, -0.05) is 12.1 Å². The molecule has 0 aromatic heterocycles. The Balaban J connectivity index is 2.34. The minimum absolute atomic E-state index is 0.0122. The Kier molecular flexibility index (Phi) is 3.89. The van der Waals surface area contributed by atoms with Crippen LogP contribution in [0.5, 0.6) is 5.75 Å². The third-order valence-corrected chi connectivity index (χ3v) is 2.57. The molecule has 0 aliphatic rings. The molecule has 21 heavy (non-hydrogen) atoms. The molecular formula is C13H9N3O5. The van der Waals surface area contributed by atoms with Crippen molar-refractivity contribution in [3.05, 3.63) is 58.1 Å². The fourth-order valence-electron chi connectivity index (χ4n) is 1.55. The highest BCUT2D eigenvalue weighted by atomic mass is 16.6. The Bertz CT molecular complexity index is 742. The molecule has 0 bridgehead atoms. The zero-order valence-corrected chi connectivity index (χ0v) is 10.5. The number of carbonyl (C=O) groups is 1. The van der Waals surface area contributed by atoms with E-state index < -0.39 is 10.9 Å². The number of nitrogens with zero attached hydrogens (tertiary/aromatic N) is 3. The second-order valence-electron chi connectivity index (χ2n) is 3.95. The van der Waals surface area contributed by atoms with Gasteiger partial charge in [0.2, 0.25) is 0 Å². The Labute approximate surface area is 118 Å². The SMILES string of the molecule is O=C(O)c1ccc(N=Nc2ccccc2[N+](=O)[O-])c(O)c1. The quantitative estimate of drug-likeness (QED) is 0.506. The summed E-state index contributed by atoms with van der Waals surface area (Å²) in [5.74, 6) is -1.57. The average molecular weight is 287 g/mol.